The predicted octanol–water partition coefficient (Wildman–Crippen LogP) is 3.78. The zero-order chi connectivity index (χ0) is 18.9. The van der Waals surface area contributed by atoms with E-state index >= 15 is 0 Å². The Bertz CT molecular complexity index is 911. The topological polar surface area (TPSA) is 72.2 Å². The zero-order valence-electron chi connectivity index (χ0n) is 13.9. The summed E-state index contributed by atoms with van der Waals surface area (Å²) in [5.41, 5.74) is 6.98. The number of sulfonamides is 1. The van der Waals surface area contributed by atoms with Crippen LogP contribution in [0.5, 0.6) is 0 Å². The van der Waals surface area contributed by atoms with Crippen LogP contribution in [0.1, 0.15) is 41.1 Å². The second-order valence-corrected chi connectivity index (χ2v) is 8.19. The molecule has 0 amide bonds. The molecule has 1 aliphatic rings. The van der Waals surface area contributed by atoms with E-state index in [1.165, 1.54) is 18.2 Å². The van der Waals surface area contributed by atoms with E-state index in [2.05, 4.69) is 4.72 Å². The summed E-state index contributed by atoms with van der Waals surface area (Å²) in [7, 11) is -3.95. The quantitative estimate of drug-likeness (QED) is 0.788. The normalized spacial score (nSPS) is 17.7. The highest BCUT2D eigenvalue weighted by Gasteiger charge is 2.34. The van der Waals surface area contributed by atoms with Crippen LogP contribution >= 0.6 is 0 Å². The fraction of sp³-hybridized carbons (Fsp3) is 0.333. The van der Waals surface area contributed by atoms with E-state index in [0.717, 1.165) is 30.0 Å². The van der Waals surface area contributed by atoms with Crippen LogP contribution in [0, 0.1) is 0 Å². The van der Waals surface area contributed by atoms with Crippen molar-refractivity contribution in [2.45, 2.75) is 37.2 Å². The van der Waals surface area contributed by atoms with Crippen molar-refractivity contribution in [1.29, 1.82) is 0 Å². The van der Waals surface area contributed by atoms with Crippen LogP contribution in [0.3, 0.4) is 0 Å². The van der Waals surface area contributed by atoms with E-state index in [9.17, 15) is 21.6 Å². The SMILES string of the molecule is Nc1ccc2c(c1)CCCC2NS(=O)(=O)Cc1ccccc1C(F)(F)F. The van der Waals surface area contributed by atoms with E-state index in [-0.39, 0.29) is 5.56 Å². The fourth-order valence-corrected chi connectivity index (χ4v) is 4.77. The summed E-state index contributed by atoms with van der Waals surface area (Å²) in [6, 6.07) is 9.57. The van der Waals surface area contributed by atoms with Crippen molar-refractivity contribution >= 4 is 15.7 Å². The van der Waals surface area contributed by atoms with E-state index in [4.69, 9.17) is 5.73 Å². The first-order chi connectivity index (χ1) is 12.2. The molecule has 8 heteroatoms. The highest BCUT2D eigenvalue weighted by atomic mass is 32.2. The second-order valence-electron chi connectivity index (χ2n) is 6.43. The average Bonchev–Trinajstić information content (AvgIpc) is 2.53. The highest BCUT2D eigenvalue weighted by Crippen LogP contribution is 2.34. The molecular formula is C18H19F3N2O2S. The molecule has 2 aromatic carbocycles. The Morgan fingerprint density at radius 1 is 1.15 bits per heavy atom. The molecule has 0 radical (unpaired) electrons. The number of nitrogens with two attached hydrogens (primary N) is 1. The number of fused-ring (bicyclic) bond motifs is 1. The van der Waals surface area contributed by atoms with Crippen LogP contribution in [0.15, 0.2) is 42.5 Å². The largest absolute Gasteiger partial charge is 0.416 e. The number of benzene rings is 2. The number of hydrogen-bond acceptors (Lipinski definition) is 3. The van der Waals surface area contributed by atoms with E-state index < -0.39 is 33.6 Å². The summed E-state index contributed by atoms with van der Waals surface area (Å²) in [5, 5.41) is 0. The van der Waals surface area contributed by atoms with Crippen molar-refractivity contribution in [1.82, 2.24) is 4.72 Å². The number of alkyl halides is 3. The van der Waals surface area contributed by atoms with Gasteiger partial charge in [0, 0.05) is 11.7 Å². The van der Waals surface area contributed by atoms with Gasteiger partial charge >= 0.3 is 6.18 Å². The molecule has 0 fully saturated rings. The molecule has 0 heterocycles. The maximum absolute atomic E-state index is 13.1. The van der Waals surface area contributed by atoms with Gasteiger partial charge in [-0.15, -0.1) is 0 Å². The molecule has 0 bridgehead atoms. The average molecular weight is 384 g/mol. The molecule has 1 atom stereocenters. The third kappa shape index (κ3) is 4.19. The van der Waals surface area contributed by atoms with Gasteiger partial charge in [-0.25, -0.2) is 13.1 Å². The second kappa shape index (κ2) is 6.92. The lowest BCUT2D eigenvalue weighted by Gasteiger charge is -2.26. The Balaban J connectivity index is 1.84. The van der Waals surface area contributed by atoms with Crippen molar-refractivity contribution in [2.75, 3.05) is 5.73 Å². The smallest absolute Gasteiger partial charge is 0.399 e. The predicted molar refractivity (Wildman–Crippen MR) is 93.7 cm³/mol. The molecule has 0 saturated heterocycles. The van der Waals surface area contributed by atoms with E-state index in [1.807, 2.05) is 6.07 Å². The third-order valence-corrected chi connectivity index (χ3v) is 5.81. The maximum atomic E-state index is 13.1. The van der Waals surface area contributed by atoms with Crippen LogP contribution in [-0.2, 0) is 28.4 Å². The van der Waals surface area contributed by atoms with Gasteiger partial charge in [-0.3, -0.25) is 0 Å². The number of rotatable bonds is 4. The molecular weight excluding hydrogens is 365 g/mol. The van der Waals surface area contributed by atoms with Crippen LogP contribution in [0.4, 0.5) is 18.9 Å². The first-order valence-corrected chi connectivity index (χ1v) is 9.84. The van der Waals surface area contributed by atoms with Crippen LogP contribution in [0.2, 0.25) is 0 Å². The summed E-state index contributed by atoms with van der Waals surface area (Å²) in [5.74, 6) is -0.719. The third-order valence-electron chi connectivity index (χ3n) is 4.47. The summed E-state index contributed by atoms with van der Waals surface area (Å²) in [4.78, 5) is 0. The first kappa shape index (κ1) is 18.7. The van der Waals surface area contributed by atoms with E-state index in [1.54, 1.807) is 12.1 Å². The van der Waals surface area contributed by atoms with Gasteiger partial charge in [0.1, 0.15) is 0 Å². The number of nitrogens with one attached hydrogen (secondary N) is 1. The number of nitrogen functional groups attached to an aromatic ring is 1. The Kier molecular flexibility index (Phi) is 4.98. The molecule has 2 aromatic rings. The monoisotopic (exact) mass is 384 g/mol. The van der Waals surface area contributed by atoms with Crippen LogP contribution < -0.4 is 10.5 Å². The lowest BCUT2D eigenvalue weighted by atomic mass is 9.88. The van der Waals surface area contributed by atoms with Gasteiger partial charge in [0.25, 0.3) is 0 Å². The minimum atomic E-state index is -4.60. The van der Waals surface area contributed by atoms with Gasteiger partial charge in [0.15, 0.2) is 0 Å². The molecule has 0 saturated carbocycles. The van der Waals surface area contributed by atoms with Gasteiger partial charge in [-0.05, 0) is 54.2 Å². The van der Waals surface area contributed by atoms with Gasteiger partial charge < -0.3 is 5.73 Å². The fourth-order valence-electron chi connectivity index (χ4n) is 3.34. The molecule has 1 aliphatic carbocycles. The summed E-state index contributed by atoms with van der Waals surface area (Å²) >= 11 is 0. The Morgan fingerprint density at radius 3 is 2.62 bits per heavy atom. The Labute approximate surface area is 150 Å². The van der Waals surface area contributed by atoms with Gasteiger partial charge in [0.05, 0.1) is 11.3 Å². The van der Waals surface area contributed by atoms with Crippen molar-refractivity contribution in [2.24, 2.45) is 0 Å². The number of halogens is 3. The Morgan fingerprint density at radius 2 is 1.88 bits per heavy atom. The van der Waals surface area contributed by atoms with Crippen LogP contribution in [0.25, 0.3) is 0 Å². The minimum Gasteiger partial charge on any atom is -0.399 e. The lowest BCUT2D eigenvalue weighted by Crippen LogP contribution is -2.32. The molecule has 4 nitrogen and oxygen atoms in total. The maximum Gasteiger partial charge on any atom is 0.416 e. The molecule has 1 unspecified atom stereocenters. The Hall–Kier alpha value is -2.06. The summed E-state index contributed by atoms with van der Waals surface area (Å²) in [6.45, 7) is 0. The number of aryl methyl sites for hydroxylation is 1. The highest BCUT2D eigenvalue weighted by molar-refractivity contribution is 7.88. The molecule has 140 valence electrons. The van der Waals surface area contributed by atoms with E-state index in [0.29, 0.717) is 12.1 Å². The summed E-state index contributed by atoms with van der Waals surface area (Å²) in [6.07, 6.45) is -2.42. The molecule has 0 aliphatic heterocycles. The van der Waals surface area contributed by atoms with Crippen molar-refractivity contribution in [3.05, 3.63) is 64.7 Å². The molecule has 0 spiro atoms. The molecule has 26 heavy (non-hydrogen) atoms. The molecule has 0 aromatic heterocycles. The molecule has 3 rings (SSSR count). The number of anilines is 1. The van der Waals surface area contributed by atoms with Crippen molar-refractivity contribution in [3.8, 4) is 0 Å². The standard InChI is InChI=1S/C18H19F3N2O2S/c19-18(20,21)16-6-2-1-4-13(16)11-26(24,25)23-17-7-3-5-12-10-14(22)8-9-15(12)17/h1-2,4,6,8-10,17,23H,3,5,7,11,22H2. The van der Waals surface area contributed by atoms with Crippen LogP contribution in [-0.4, -0.2) is 8.42 Å². The first-order valence-electron chi connectivity index (χ1n) is 8.19. The zero-order valence-corrected chi connectivity index (χ0v) is 14.7. The van der Waals surface area contributed by atoms with Gasteiger partial charge in [-0.2, -0.15) is 13.2 Å². The van der Waals surface area contributed by atoms with Gasteiger partial charge in [0.2, 0.25) is 10.0 Å². The molecule has 3 N–H and O–H groups in total. The van der Waals surface area contributed by atoms with Crippen molar-refractivity contribution in [3.63, 3.8) is 0 Å². The lowest BCUT2D eigenvalue weighted by molar-refractivity contribution is -0.138. The van der Waals surface area contributed by atoms with Crippen molar-refractivity contribution < 1.29 is 21.6 Å². The summed E-state index contributed by atoms with van der Waals surface area (Å²) < 4.78 is 66.9. The minimum absolute atomic E-state index is 0.263. The number of hydrogen-bond donors (Lipinski definition) is 2. The van der Waals surface area contributed by atoms with Gasteiger partial charge in [-0.1, -0.05) is 24.3 Å².